The molecule has 1 heterocycles. The van der Waals surface area contributed by atoms with Crippen LogP contribution in [0.15, 0.2) is 36.0 Å². The number of β-lactam (4-membered cyclic amide) rings is 1. The Hall–Kier alpha value is -3.35. The van der Waals surface area contributed by atoms with Gasteiger partial charge in [0.1, 0.15) is 0 Å². The van der Waals surface area contributed by atoms with Gasteiger partial charge in [0, 0.05) is 0 Å². The van der Waals surface area contributed by atoms with Crippen LogP contribution in [0.1, 0.15) is 6.42 Å². The van der Waals surface area contributed by atoms with E-state index in [1.807, 2.05) is 0 Å². The zero-order chi connectivity index (χ0) is 15.8. The molecule has 1 saturated heterocycles. The SMILES string of the molecule is C=C1C=C(C2CC(=O)N2)C(=C)C(C#N)(C#N)C1(C#N)C#N. The summed E-state index contributed by atoms with van der Waals surface area (Å²) in [5.41, 5.74) is -3.47. The molecule has 6 heteroatoms. The maximum absolute atomic E-state index is 11.1. The Morgan fingerprint density at radius 1 is 1.10 bits per heavy atom. The van der Waals surface area contributed by atoms with Crippen molar-refractivity contribution in [1.29, 1.82) is 21.0 Å². The Labute approximate surface area is 121 Å². The maximum atomic E-state index is 11.1. The molecule has 2 aliphatic rings. The van der Waals surface area contributed by atoms with Crippen LogP contribution in [0, 0.1) is 56.2 Å². The molecule has 1 aliphatic heterocycles. The van der Waals surface area contributed by atoms with Crippen LogP contribution in [-0.4, -0.2) is 11.9 Å². The molecule has 6 nitrogen and oxygen atoms in total. The third-order valence-electron chi connectivity index (χ3n) is 3.95. The number of hydrogen-bond donors (Lipinski definition) is 1. The fourth-order valence-electron chi connectivity index (χ4n) is 2.59. The lowest BCUT2D eigenvalue weighted by molar-refractivity contribution is -0.127. The molecule has 0 aromatic carbocycles. The van der Waals surface area contributed by atoms with Crippen LogP contribution in [-0.2, 0) is 4.79 Å². The summed E-state index contributed by atoms with van der Waals surface area (Å²) < 4.78 is 0. The highest BCUT2D eigenvalue weighted by atomic mass is 16.2. The minimum Gasteiger partial charge on any atom is -0.349 e. The average molecular weight is 275 g/mol. The average Bonchev–Trinajstić information content (AvgIpc) is 2.46. The molecule has 1 fully saturated rings. The predicted octanol–water partition coefficient (Wildman–Crippen LogP) is 0.994. The number of nitrogens with one attached hydrogen (secondary N) is 1. The maximum Gasteiger partial charge on any atom is 0.222 e. The van der Waals surface area contributed by atoms with Gasteiger partial charge in [-0.1, -0.05) is 19.2 Å². The Morgan fingerprint density at radius 3 is 1.95 bits per heavy atom. The zero-order valence-corrected chi connectivity index (χ0v) is 11.0. The van der Waals surface area contributed by atoms with E-state index in [1.165, 1.54) is 6.08 Å². The van der Waals surface area contributed by atoms with E-state index in [-0.39, 0.29) is 29.5 Å². The van der Waals surface area contributed by atoms with Crippen molar-refractivity contribution in [3.05, 3.63) is 36.0 Å². The summed E-state index contributed by atoms with van der Waals surface area (Å²) >= 11 is 0. The molecule has 0 spiro atoms. The largest absolute Gasteiger partial charge is 0.349 e. The van der Waals surface area contributed by atoms with E-state index in [0.717, 1.165) is 0 Å². The number of nitrogens with zero attached hydrogens (tertiary/aromatic N) is 4. The molecule has 1 N–H and O–H groups in total. The number of nitriles is 4. The monoisotopic (exact) mass is 275 g/mol. The van der Waals surface area contributed by atoms with Crippen LogP contribution in [0.2, 0.25) is 0 Å². The lowest BCUT2D eigenvalue weighted by atomic mass is 9.54. The van der Waals surface area contributed by atoms with Crippen LogP contribution in [0.5, 0.6) is 0 Å². The molecule has 100 valence electrons. The minimum atomic E-state index is -2.04. The van der Waals surface area contributed by atoms with Gasteiger partial charge in [0.2, 0.25) is 16.7 Å². The van der Waals surface area contributed by atoms with Crippen LogP contribution >= 0.6 is 0 Å². The summed E-state index contributed by atoms with van der Waals surface area (Å²) in [4.78, 5) is 11.1. The van der Waals surface area contributed by atoms with Gasteiger partial charge >= 0.3 is 0 Å². The zero-order valence-electron chi connectivity index (χ0n) is 11.0. The lowest BCUT2D eigenvalue weighted by Gasteiger charge is -2.42. The molecular formula is C15H9N5O. The molecule has 0 bridgehead atoms. The number of carbonyl (C=O) groups excluding carboxylic acids is 1. The van der Waals surface area contributed by atoms with E-state index >= 15 is 0 Å². The number of hydrogen-bond acceptors (Lipinski definition) is 5. The summed E-state index contributed by atoms with van der Waals surface area (Å²) in [5, 5.41) is 40.4. The van der Waals surface area contributed by atoms with Crippen molar-refractivity contribution in [1.82, 2.24) is 5.32 Å². The van der Waals surface area contributed by atoms with Crippen molar-refractivity contribution in [2.24, 2.45) is 10.8 Å². The highest BCUT2D eigenvalue weighted by molar-refractivity contribution is 5.85. The summed E-state index contributed by atoms with van der Waals surface area (Å²) in [6, 6.07) is 6.64. The Kier molecular flexibility index (Phi) is 2.91. The first-order valence-electron chi connectivity index (χ1n) is 5.97. The summed E-state index contributed by atoms with van der Waals surface area (Å²) in [7, 11) is 0. The normalized spacial score (nSPS) is 25.0. The van der Waals surface area contributed by atoms with Crippen LogP contribution in [0.3, 0.4) is 0 Å². The van der Waals surface area contributed by atoms with Crippen molar-refractivity contribution in [3.8, 4) is 24.3 Å². The fraction of sp³-hybridized carbons (Fsp3) is 0.267. The standard InChI is InChI=1S/C15H9N5O/c1-9-3-11(12-4-13(21)20-12)10(2)15(7-18,8-19)14(9,5-16)6-17/h3,12H,1-2,4H2,(H,20,21). The van der Waals surface area contributed by atoms with Crippen molar-refractivity contribution in [2.75, 3.05) is 0 Å². The van der Waals surface area contributed by atoms with Crippen molar-refractivity contribution in [3.63, 3.8) is 0 Å². The molecule has 21 heavy (non-hydrogen) atoms. The second-order valence-electron chi connectivity index (χ2n) is 4.87. The van der Waals surface area contributed by atoms with Gasteiger partial charge in [0.15, 0.2) is 0 Å². The van der Waals surface area contributed by atoms with Crippen LogP contribution < -0.4 is 5.32 Å². The van der Waals surface area contributed by atoms with E-state index in [2.05, 4.69) is 18.5 Å². The molecule has 1 aliphatic carbocycles. The topological polar surface area (TPSA) is 124 Å². The molecule has 1 atom stereocenters. The van der Waals surface area contributed by atoms with E-state index in [9.17, 15) is 25.8 Å². The highest BCUT2D eigenvalue weighted by Crippen LogP contribution is 2.54. The highest BCUT2D eigenvalue weighted by Gasteiger charge is 2.61. The number of rotatable bonds is 1. The summed E-state index contributed by atoms with van der Waals surface area (Å²) in [5.74, 6) is -0.156. The van der Waals surface area contributed by atoms with Gasteiger partial charge in [-0.3, -0.25) is 4.79 Å². The predicted molar refractivity (Wildman–Crippen MR) is 70.2 cm³/mol. The summed E-state index contributed by atoms with van der Waals surface area (Å²) in [6.45, 7) is 7.40. The third-order valence-corrected chi connectivity index (χ3v) is 3.95. The van der Waals surface area contributed by atoms with E-state index in [4.69, 9.17) is 0 Å². The van der Waals surface area contributed by atoms with Crippen LogP contribution in [0.25, 0.3) is 0 Å². The Bertz CT molecular complexity index is 739. The van der Waals surface area contributed by atoms with Gasteiger partial charge in [-0.2, -0.15) is 21.0 Å². The van der Waals surface area contributed by atoms with Gasteiger partial charge in [-0.05, 0) is 16.7 Å². The molecule has 0 saturated carbocycles. The number of allylic oxidation sites excluding steroid dienone is 2. The first-order chi connectivity index (χ1) is 9.92. The van der Waals surface area contributed by atoms with E-state index < -0.39 is 10.8 Å². The van der Waals surface area contributed by atoms with Gasteiger partial charge in [0.25, 0.3) is 0 Å². The van der Waals surface area contributed by atoms with Gasteiger partial charge in [-0.25, -0.2) is 0 Å². The Balaban J connectivity index is 2.70. The minimum absolute atomic E-state index is 0.0548. The van der Waals surface area contributed by atoms with Crippen molar-refractivity contribution < 1.29 is 4.79 Å². The molecule has 0 radical (unpaired) electrons. The number of amides is 1. The van der Waals surface area contributed by atoms with Gasteiger partial charge in [-0.15, -0.1) is 0 Å². The molecule has 2 rings (SSSR count). The van der Waals surface area contributed by atoms with Crippen molar-refractivity contribution >= 4 is 5.91 Å². The van der Waals surface area contributed by atoms with Gasteiger partial charge in [0.05, 0.1) is 36.7 Å². The molecular weight excluding hydrogens is 266 g/mol. The second kappa shape index (κ2) is 4.34. The Morgan fingerprint density at radius 2 is 1.57 bits per heavy atom. The van der Waals surface area contributed by atoms with Crippen molar-refractivity contribution in [2.45, 2.75) is 12.5 Å². The second-order valence-corrected chi connectivity index (χ2v) is 4.87. The fourth-order valence-corrected chi connectivity index (χ4v) is 2.59. The quantitative estimate of drug-likeness (QED) is 0.714. The van der Waals surface area contributed by atoms with Gasteiger partial charge < -0.3 is 5.32 Å². The number of carbonyl (C=O) groups is 1. The molecule has 1 unspecified atom stereocenters. The van der Waals surface area contributed by atoms with E-state index in [0.29, 0.717) is 5.57 Å². The first-order valence-corrected chi connectivity index (χ1v) is 5.97. The molecule has 1 amide bonds. The summed E-state index contributed by atoms with van der Waals surface area (Å²) in [6.07, 6.45) is 1.67. The lowest BCUT2D eigenvalue weighted by Crippen LogP contribution is -2.53. The molecule has 0 aromatic heterocycles. The van der Waals surface area contributed by atoms with E-state index in [1.54, 1.807) is 24.3 Å². The van der Waals surface area contributed by atoms with Crippen LogP contribution in [0.4, 0.5) is 0 Å². The third kappa shape index (κ3) is 1.45. The smallest absolute Gasteiger partial charge is 0.222 e. The molecule has 0 aromatic rings. The first kappa shape index (κ1) is 14.1.